The number of carbonyl (C=O) groups excluding carboxylic acids is 2. The molecular formula is C14H13F3O7. The number of hydrogen-bond acceptors (Lipinski definition) is 7. The summed E-state index contributed by atoms with van der Waals surface area (Å²) in [6.07, 6.45) is -11.4. The molecule has 1 aromatic carbocycles. The molecule has 24 heavy (non-hydrogen) atoms. The number of halogens is 3. The first-order valence-electron chi connectivity index (χ1n) is 6.71. The Morgan fingerprint density at radius 2 is 2.04 bits per heavy atom. The van der Waals surface area contributed by atoms with Gasteiger partial charge in [0.2, 0.25) is 6.10 Å². The smallest absolute Gasteiger partial charge is 0.416 e. The maximum Gasteiger partial charge on any atom is 0.416 e. The van der Waals surface area contributed by atoms with Crippen molar-refractivity contribution in [2.24, 2.45) is 0 Å². The number of aliphatic hydroxyl groups is 3. The number of hydrogen-bond donors (Lipinski definition) is 3. The van der Waals surface area contributed by atoms with Gasteiger partial charge in [0, 0.05) is 0 Å². The van der Waals surface area contributed by atoms with Crippen molar-refractivity contribution in [2.75, 3.05) is 6.61 Å². The Bertz CT molecular complexity index is 631. The van der Waals surface area contributed by atoms with Crippen molar-refractivity contribution in [1.29, 1.82) is 0 Å². The summed E-state index contributed by atoms with van der Waals surface area (Å²) in [5.41, 5.74) is -1.56. The summed E-state index contributed by atoms with van der Waals surface area (Å²) in [6.45, 7) is -0.816. The van der Waals surface area contributed by atoms with E-state index in [1.807, 2.05) is 0 Å². The van der Waals surface area contributed by atoms with Gasteiger partial charge in [-0.15, -0.1) is 0 Å². The summed E-state index contributed by atoms with van der Waals surface area (Å²) in [5.74, 6) is -2.46. The van der Waals surface area contributed by atoms with Gasteiger partial charge in [-0.05, 0) is 18.2 Å². The van der Waals surface area contributed by atoms with Crippen molar-refractivity contribution in [3.8, 4) is 0 Å². The topological polar surface area (TPSA) is 113 Å². The van der Waals surface area contributed by atoms with Gasteiger partial charge in [0.05, 0.1) is 17.7 Å². The monoisotopic (exact) mass is 350 g/mol. The van der Waals surface area contributed by atoms with Crippen molar-refractivity contribution in [1.82, 2.24) is 0 Å². The van der Waals surface area contributed by atoms with Crippen LogP contribution in [0.4, 0.5) is 13.2 Å². The highest BCUT2D eigenvalue weighted by Gasteiger charge is 2.49. The summed E-state index contributed by atoms with van der Waals surface area (Å²) < 4.78 is 47.2. The fraction of sp³-hybridized carbons (Fsp3) is 0.429. The fourth-order valence-electron chi connectivity index (χ4n) is 2.12. The Morgan fingerprint density at radius 3 is 2.62 bits per heavy atom. The molecule has 1 heterocycles. The average Bonchev–Trinajstić information content (AvgIpc) is 2.81. The minimum Gasteiger partial charge on any atom is -0.454 e. The molecule has 1 aliphatic heterocycles. The predicted molar refractivity (Wildman–Crippen MR) is 69.6 cm³/mol. The highest BCUT2D eigenvalue weighted by Crippen LogP contribution is 2.30. The van der Waals surface area contributed by atoms with Gasteiger partial charge in [-0.1, -0.05) is 6.07 Å². The normalized spacial score (nSPS) is 25.2. The molecule has 132 valence electrons. The molecule has 0 bridgehead atoms. The van der Waals surface area contributed by atoms with Crippen LogP contribution in [0.1, 0.15) is 15.9 Å². The molecule has 7 nitrogen and oxygen atoms in total. The number of benzene rings is 1. The van der Waals surface area contributed by atoms with Crippen LogP contribution >= 0.6 is 0 Å². The predicted octanol–water partition coefficient (Wildman–Crippen LogP) is -0.130. The van der Waals surface area contributed by atoms with Crippen LogP contribution in [0.2, 0.25) is 0 Å². The van der Waals surface area contributed by atoms with Crippen LogP contribution in [0, 0.1) is 0 Å². The highest BCUT2D eigenvalue weighted by atomic mass is 19.4. The number of cyclic esters (lactones) is 1. The summed E-state index contributed by atoms with van der Waals surface area (Å²) in [4.78, 5) is 23.5. The number of esters is 2. The van der Waals surface area contributed by atoms with E-state index in [2.05, 4.69) is 4.74 Å². The number of aliphatic hydroxyl groups excluding tert-OH is 3. The van der Waals surface area contributed by atoms with Crippen LogP contribution in [0.25, 0.3) is 0 Å². The van der Waals surface area contributed by atoms with Gasteiger partial charge in [0.25, 0.3) is 0 Å². The van der Waals surface area contributed by atoms with Crippen LogP contribution in [-0.2, 0) is 20.4 Å². The summed E-state index contributed by atoms with van der Waals surface area (Å²) in [7, 11) is 0. The lowest BCUT2D eigenvalue weighted by atomic mass is 10.1. The molecule has 10 heteroatoms. The standard InChI is InChI=1S/C14H13F3O7/c15-14(16,17)7-3-1-2-6(4-7)12(21)24-11-9(20)10(8(19)5-18)23-13(11)22/h1-4,8-11,18-20H,5H2/t8-,9+,10-,11-/m1/s1. The Balaban J connectivity index is 2.14. The molecule has 2 rings (SSSR count). The van der Waals surface area contributed by atoms with E-state index in [0.717, 1.165) is 18.2 Å². The van der Waals surface area contributed by atoms with E-state index in [-0.39, 0.29) is 0 Å². The van der Waals surface area contributed by atoms with Crippen LogP contribution in [0.3, 0.4) is 0 Å². The molecule has 4 atom stereocenters. The highest BCUT2D eigenvalue weighted by molar-refractivity contribution is 5.92. The van der Waals surface area contributed by atoms with E-state index < -0.39 is 60.3 Å². The van der Waals surface area contributed by atoms with E-state index in [0.29, 0.717) is 6.07 Å². The molecule has 0 saturated carbocycles. The second-order valence-corrected chi connectivity index (χ2v) is 5.05. The minimum absolute atomic E-state index is 0.476. The first-order valence-corrected chi connectivity index (χ1v) is 6.71. The molecular weight excluding hydrogens is 337 g/mol. The molecule has 0 aliphatic carbocycles. The Kier molecular flexibility index (Phi) is 5.11. The first-order chi connectivity index (χ1) is 11.1. The molecule has 0 unspecified atom stereocenters. The molecule has 1 aromatic rings. The summed E-state index contributed by atoms with van der Waals surface area (Å²) >= 11 is 0. The second-order valence-electron chi connectivity index (χ2n) is 5.05. The van der Waals surface area contributed by atoms with E-state index in [4.69, 9.17) is 9.84 Å². The summed E-state index contributed by atoms with van der Waals surface area (Å²) in [6, 6.07) is 3.32. The van der Waals surface area contributed by atoms with E-state index >= 15 is 0 Å². The number of ether oxygens (including phenoxy) is 2. The van der Waals surface area contributed by atoms with E-state index in [1.54, 1.807) is 0 Å². The van der Waals surface area contributed by atoms with Crippen LogP contribution in [-0.4, -0.2) is 58.3 Å². The average molecular weight is 350 g/mol. The lowest BCUT2D eigenvalue weighted by Gasteiger charge is -2.19. The van der Waals surface area contributed by atoms with Crippen LogP contribution in [0.15, 0.2) is 24.3 Å². The Morgan fingerprint density at radius 1 is 1.38 bits per heavy atom. The molecule has 0 amide bonds. The lowest BCUT2D eigenvalue weighted by Crippen LogP contribution is -2.42. The van der Waals surface area contributed by atoms with Crippen LogP contribution in [0.5, 0.6) is 0 Å². The third-order valence-electron chi connectivity index (χ3n) is 3.36. The third kappa shape index (κ3) is 3.66. The van der Waals surface area contributed by atoms with Gasteiger partial charge in [0.15, 0.2) is 6.10 Å². The zero-order valence-electron chi connectivity index (χ0n) is 11.9. The molecule has 1 saturated heterocycles. The Hall–Kier alpha value is -2.17. The number of rotatable bonds is 4. The maximum absolute atomic E-state index is 12.6. The molecule has 0 radical (unpaired) electrons. The van der Waals surface area contributed by atoms with Gasteiger partial charge in [-0.2, -0.15) is 13.2 Å². The SMILES string of the molecule is O=C(O[C@H]1C(=O)O[C@H]([C@H](O)CO)[C@@H]1O)c1cccc(C(F)(F)F)c1. The maximum atomic E-state index is 12.6. The fourth-order valence-corrected chi connectivity index (χ4v) is 2.12. The van der Waals surface area contributed by atoms with Crippen molar-refractivity contribution in [3.63, 3.8) is 0 Å². The zero-order valence-corrected chi connectivity index (χ0v) is 11.9. The number of alkyl halides is 3. The van der Waals surface area contributed by atoms with Gasteiger partial charge < -0.3 is 24.8 Å². The summed E-state index contributed by atoms with van der Waals surface area (Å²) in [5, 5.41) is 28.0. The number of carbonyl (C=O) groups is 2. The minimum atomic E-state index is -4.67. The second kappa shape index (κ2) is 6.75. The first kappa shape index (κ1) is 18.2. The molecule has 0 spiro atoms. The van der Waals surface area contributed by atoms with E-state index in [1.165, 1.54) is 0 Å². The lowest BCUT2D eigenvalue weighted by molar-refractivity contribution is -0.151. The quantitative estimate of drug-likeness (QED) is 0.648. The zero-order chi connectivity index (χ0) is 18.1. The van der Waals surface area contributed by atoms with Gasteiger partial charge in [-0.25, -0.2) is 9.59 Å². The van der Waals surface area contributed by atoms with Crippen molar-refractivity contribution in [3.05, 3.63) is 35.4 Å². The molecule has 3 N–H and O–H groups in total. The van der Waals surface area contributed by atoms with Gasteiger partial charge in [-0.3, -0.25) is 0 Å². The van der Waals surface area contributed by atoms with Crippen molar-refractivity contribution in [2.45, 2.75) is 30.6 Å². The molecule has 1 fully saturated rings. The Labute approximate surface area is 133 Å². The largest absolute Gasteiger partial charge is 0.454 e. The van der Waals surface area contributed by atoms with Crippen molar-refractivity contribution < 1.29 is 47.6 Å². The molecule has 1 aliphatic rings. The van der Waals surface area contributed by atoms with Crippen molar-refractivity contribution >= 4 is 11.9 Å². The van der Waals surface area contributed by atoms with Gasteiger partial charge >= 0.3 is 18.1 Å². The third-order valence-corrected chi connectivity index (χ3v) is 3.36. The molecule has 0 aromatic heterocycles. The van der Waals surface area contributed by atoms with Gasteiger partial charge in [0.1, 0.15) is 12.2 Å². The van der Waals surface area contributed by atoms with Crippen LogP contribution < -0.4 is 0 Å². The van der Waals surface area contributed by atoms with E-state index in [9.17, 15) is 33.0 Å².